The number of hydrogen-bond donors (Lipinski definition) is 1. The van der Waals surface area contributed by atoms with Gasteiger partial charge in [0.1, 0.15) is 0 Å². The summed E-state index contributed by atoms with van der Waals surface area (Å²) in [6.07, 6.45) is 0.778. The van der Waals surface area contributed by atoms with Gasteiger partial charge in [0.15, 0.2) is 0 Å². The van der Waals surface area contributed by atoms with Gasteiger partial charge in [0, 0.05) is 0 Å². The first-order valence-electron chi connectivity index (χ1n) is 4.93. The van der Waals surface area contributed by atoms with Crippen LogP contribution in [-0.2, 0) is 0 Å². The predicted octanol–water partition coefficient (Wildman–Crippen LogP) is 3.08. The highest BCUT2D eigenvalue weighted by molar-refractivity contribution is 4.74. The summed E-state index contributed by atoms with van der Waals surface area (Å²) in [5.74, 6) is 0.963. The Morgan fingerprint density at radius 1 is 1.08 bits per heavy atom. The van der Waals surface area contributed by atoms with Gasteiger partial charge in [-0.2, -0.15) is 0 Å². The Kier molecular flexibility index (Phi) is 4.25. The molecule has 2 atom stereocenters. The average Bonchev–Trinajstić information content (AvgIpc) is 1.85. The molecule has 0 aromatic heterocycles. The normalized spacial score (nSPS) is 18.0. The number of aliphatic hydroxyl groups excluding tert-OH is 1. The number of hydrogen-bond acceptors (Lipinski definition) is 1. The third-order valence-electron chi connectivity index (χ3n) is 2.84. The van der Waals surface area contributed by atoms with Crippen molar-refractivity contribution >= 4 is 0 Å². The van der Waals surface area contributed by atoms with Crippen LogP contribution in [0.3, 0.4) is 0 Å². The molecule has 0 bridgehead atoms. The minimum absolute atomic E-state index is 0.140. The fourth-order valence-corrected chi connectivity index (χ4v) is 0.988. The smallest absolute Gasteiger partial charge is 0.0565 e. The molecule has 12 heavy (non-hydrogen) atoms. The van der Waals surface area contributed by atoms with Gasteiger partial charge < -0.3 is 5.11 Å². The molecule has 0 saturated heterocycles. The Morgan fingerprint density at radius 3 is 1.75 bits per heavy atom. The Morgan fingerprint density at radius 2 is 1.50 bits per heavy atom. The summed E-state index contributed by atoms with van der Waals surface area (Å²) >= 11 is 0. The van der Waals surface area contributed by atoms with E-state index >= 15 is 0 Å². The Labute approximate surface area is 77.2 Å². The van der Waals surface area contributed by atoms with E-state index in [2.05, 4.69) is 41.5 Å². The SMILES string of the molecule is CC(C)C(O)CC(C)C(C)(C)C. The van der Waals surface area contributed by atoms with Crippen molar-refractivity contribution in [2.45, 2.75) is 54.1 Å². The zero-order valence-electron chi connectivity index (χ0n) is 9.39. The van der Waals surface area contributed by atoms with Crippen LogP contribution in [0.5, 0.6) is 0 Å². The van der Waals surface area contributed by atoms with Crippen molar-refractivity contribution < 1.29 is 5.11 Å². The van der Waals surface area contributed by atoms with Gasteiger partial charge in [-0.05, 0) is 23.7 Å². The van der Waals surface area contributed by atoms with Crippen molar-refractivity contribution in [3.63, 3.8) is 0 Å². The van der Waals surface area contributed by atoms with E-state index in [4.69, 9.17) is 0 Å². The first-order valence-corrected chi connectivity index (χ1v) is 4.93. The van der Waals surface area contributed by atoms with Gasteiger partial charge in [0.05, 0.1) is 6.10 Å². The van der Waals surface area contributed by atoms with Crippen LogP contribution < -0.4 is 0 Å². The summed E-state index contributed by atoms with van der Waals surface area (Å²) in [6.45, 7) is 13.0. The van der Waals surface area contributed by atoms with E-state index in [0.717, 1.165) is 6.42 Å². The van der Waals surface area contributed by atoms with Crippen molar-refractivity contribution in [3.05, 3.63) is 0 Å². The molecule has 1 nitrogen and oxygen atoms in total. The molecule has 0 aliphatic heterocycles. The summed E-state index contributed by atoms with van der Waals surface area (Å²) in [6, 6.07) is 0. The molecule has 0 aliphatic rings. The molecule has 2 unspecified atom stereocenters. The molecular weight excluding hydrogens is 148 g/mol. The fourth-order valence-electron chi connectivity index (χ4n) is 0.988. The van der Waals surface area contributed by atoms with E-state index in [0.29, 0.717) is 17.3 Å². The lowest BCUT2D eigenvalue weighted by Gasteiger charge is -2.30. The second kappa shape index (κ2) is 4.27. The number of aliphatic hydroxyl groups is 1. The maximum absolute atomic E-state index is 9.66. The molecular formula is C11H24O. The van der Waals surface area contributed by atoms with Gasteiger partial charge in [-0.1, -0.05) is 41.5 Å². The van der Waals surface area contributed by atoms with Gasteiger partial charge in [-0.15, -0.1) is 0 Å². The van der Waals surface area contributed by atoms with Gasteiger partial charge >= 0.3 is 0 Å². The van der Waals surface area contributed by atoms with Crippen LogP contribution >= 0.6 is 0 Å². The molecule has 0 rings (SSSR count). The lowest BCUT2D eigenvalue weighted by atomic mass is 9.78. The van der Waals surface area contributed by atoms with E-state index < -0.39 is 0 Å². The lowest BCUT2D eigenvalue weighted by Crippen LogP contribution is -2.25. The van der Waals surface area contributed by atoms with Crippen molar-refractivity contribution in [1.82, 2.24) is 0 Å². The minimum atomic E-state index is -0.140. The van der Waals surface area contributed by atoms with Crippen LogP contribution in [-0.4, -0.2) is 11.2 Å². The average molecular weight is 172 g/mol. The maximum atomic E-state index is 9.66. The van der Waals surface area contributed by atoms with E-state index in [9.17, 15) is 5.11 Å². The summed E-state index contributed by atoms with van der Waals surface area (Å²) in [5, 5.41) is 9.66. The highest BCUT2D eigenvalue weighted by Gasteiger charge is 2.23. The van der Waals surface area contributed by atoms with Crippen LogP contribution in [0.4, 0.5) is 0 Å². The molecule has 1 heteroatoms. The standard InChI is InChI=1S/C11H24O/c1-8(2)10(12)7-9(3)11(4,5)6/h8-10,12H,7H2,1-6H3. The van der Waals surface area contributed by atoms with E-state index in [1.807, 2.05) is 0 Å². The first-order chi connectivity index (χ1) is 5.25. The molecule has 0 spiro atoms. The summed E-state index contributed by atoms with van der Waals surface area (Å²) in [7, 11) is 0. The van der Waals surface area contributed by atoms with Crippen LogP contribution in [0.1, 0.15) is 48.0 Å². The van der Waals surface area contributed by atoms with Crippen molar-refractivity contribution in [2.75, 3.05) is 0 Å². The second-order valence-corrected chi connectivity index (χ2v) is 5.31. The third kappa shape index (κ3) is 4.10. The molecule has 1 N–H and O–H groups in total. The summed E-state index contributed by atoms with van der Waals surface area (Å²) < 4.78 is 0. The van der Waals surface area contributed by atoms with E-state index in [1.165, 1.54) is 0 Å². The molecule has 0 heterocycles. The fraction of sp³-hybridized carbons (Fsp3) is 1.00. The molecule has 0 amide bonds. The Bertz CT molecular complexity index is 121. The summed E-state index contributed by atoms with van der Waals surface area (Å²) in [5.41, 5.74) is 0.315. The first kappa shape index (κ1) is 12.0. The molecule has 0 saturated carbocycles. The van der Waals surface area contributed by atoms with Crippen LogP contribution in [0, 0.1) is 17.3 Å². The molecule has 0 radical (unpaired) electrons. The van der Waals surface area contributed by atoms with Crippen molar-refractivity contribution in [3.8, 4) is 0 Å². The zero-order valence-corrected chi connectivity index (χ0v) is 9.39. The summed E-state index contributed by atoms with van der Waals surface area (Å²) in [4.78, 5) is 0. The Balaban J connectivity index is 3.93. The second-order valence-electron chi connectivity index (χ2n) is 5.31. The molecule has 0 fully saturated rings. The van der Waals surface area contributed by atoms with Gasteiger partial charge in [0.25, 0.3) is 0 Å². The molecule has 0 aromatic rings. The van der Waals surface area contributed by atoms with E-state index in [1.54, 1.807) is 0 Å². The quantitative estimate of drug-likeness (QED) is 0.693. The Hall–Kier alpha value is -0.0400. The topological polar surface area (TPSA) is 20.2 Å². The van der Waals surface area contributed by atoms with Gasteiger partial charge in [-0.25, -0.2) is 0 Å². The molecule has 74 valence electrons. The van der Waals surface area contributed by atoms with Crippen molar-refractivity contribution in [1.29, 1.82) is 0 Å². The predicted molar refractivity (Wildman–Crippen MR) is 54.1 cm³/mol. The third-order valence-corrected chi connectivity index (χ3v) is 2.84. The largest absolute Gasteiger partial charge is 0.393 e. The maximum Gasteiger partial charge on any atom is 0.0565 e. The highest BCUT2D eigenvalue weighted by atomic mass is 16.3. The zero-order chi connectivity index (χ0) is 9.94. The number of rotatable bonds is 3. The van der Waals surface area contributed by atoms with Crippen LogP contribution in [0.2, 0.25) is 0 Å². The monoisotopic (exact) mass is 172 g/mol. The van der Waals surface area contributed by atoms with Crippen LogP contribution in [0.25, 0.3) is 0 Å². The molecule has 0 aliphatic carbocycles. The van der Waals surface area contributed by atoms with E-state index in [-0.39, 0.29) is 6.10 Å². The molecule has 0 aromatic carbocycles. The van der Waals surface area contributed by atoms with Crippen LogP contribution in [0.15, 0.2) is 0 Å². The van der Waals surface area contributed by atoms with Gasteiger partial charge in [0.2, 0.25) is 0 Å². The minimum Gasteiger partial charge on any atom is -0.393 e. The highest BCUT2D eigenvalue weighted by Crippen LogP contribution is 2.30. The van der Waals surface area contributed by atoms with Gasteiger partial charge in [-0.3, -0.25) is 0 Å². The van der Waals surface area contributed by atoms with Crippen molar-refractivity contribution in [2.24, 2.45) is 17.3 Å². The lowest BCUT2D eigenvalue weighted by molar-refractivity contribution is 0.0745.